The van der Waals surface area contributed by atoms with Crippen molar-refractivity contribution in [3.05, 3.63) is 100 Å². The number of aryl methyl sites for hydroxylation is 1. The van der Waals surface area contributed by atoms with Crippen LogP contribution in [-0.4, -0.2) is 4.40 Å². The first-order valence-corrected chi connectivity index (χ1v) is 8.32. The average molecular weight is 365 g/mol. The molecule has 0 unspecified atom stereocenters. The highest BCUT2D eigenvalue weighted by Crippen LogP contribution is 2.30. The molecule has 0 aliphatic carbocycles. The average Bonchev–Trinajstić information content (AvgIpc) is 2.63. The second-order valence-corrected chi connectivity index (χ2v) is 6.33. The highest BCUT2D eigenvalue weighted by Gasteiger charge is 2.19. The van der Waals surface area contributed by atoms with Crippen LogP contribution in [0.3, 0.4) is 0 Å². The summed E-state index contributed by atoms with van der Waals surface area (Å²) in [5, 5.41) is 0. The fraction of sp³-hybridized carbons (Fsp3) is 0.0455. The van der Waals surface area contributed by atoms with Crippen molar-refractivity contribution in [1.82, 2.24) is 4.40 Å². The minimum atomic E-state index is -0.787. The molecule has 27 heavy (non-hydrogen) atoms. The van der Waals surface area contributed by atoms with E-state index in [0.717, 1.165) is 0 Å². The molecule has 0 saturated carbocycles. The van der Waals surface area contributed by atoms with Crippen LogP contribution < -0.4 is 5.43 Å². The van der Waals surface area contributed by atoms with Gasteiger partial charge in [-0.25, -0.2) is 13.2 Å². The molecule has 4 aromatic rings. The van der Waals surface area contributed by atoms with Gasteiger partial charge in [0.05, 0.1) is 22.3 Å². The lowest BCUT2D eigenvalue weighted by Gasteiger charge is -2.14. The number of fused-ring (bicyclic) bond motifs is 1. The van der Waals surface area contributed by atoms with Crippen molar-refractivity contribution in [2.45, 2.75) is 6.92 Å². The SMILES string of the molecule is Cc1cc(F)c(-c2c(=O)ccn3c(-c4ccc(F)cc4)cccc23)c(F)c1. The van der Waals surface area contributed by atoms with Gasteiger partial charge in [-0.15, -0.1) is 0 Å². The van der Waals surface area contributed by atoms with Gasteiger partial charge in [0, 0.05) is 12.3 Å². The standard InChI is InChI=1S/C22H14F3NO/c1-13-11-16(24)21(17(25)12-13)22-19-4-2-3-18(26(19)10-9-20(22)27)14-5-7-15(23)8-6-14/h2-12H,1H3. The largest absolute Gasteiger partial charge is 0.316 e. The molecule has 2 aromatic carbocycles. The van der Waals surface area contributed by atoms with Crippen LogP contribution >= 0.6 is 0 Å². The number of hydrogen-bond donors (Lipinski definition) is 0. The van der Waals surface area contributed by atoms with Crippen LogP contribution in [-0.2, 0) is 0 Å². The summed E-state index contributed by atoms with van der Waals surface area (Å²) in [5.74, 6) is -1.94. The quantitative estimate of drug-likeness (QED) is 0.469. The van der Waals surface area contributed by atoms with Crippen molar-refractivity contribution in [2.24, 2.45) is 0 Å². The second kappa shape index (κ2) is 6.43. The van der Waals surface area contributed by atoms with Crippen molar-refractivity contribution in [3.63, 3.8) is 0 Å². The van der Waals surface area contributed by atoms with Gasteiger partial charge in [-0.05, 0) is 66.6 Å². The molecule has 0 fully saturated rings. The molecule has 134 valence electrons. The van der Waals surface area contributed by atoms with Crippen molar-refractivity contribution in [2.75, 3.05) is 0 Å². The summed E-state index contributed by atoms with van der Waals surface area (Å²) in [6.07, 6.45) is 1.55. The van der Waals surface area contributed by atoms with Crippen molar-refractivity contribution in [1.29, 1.82) is 0 Å². The molecule has 0 saturated heterocycles. The van der Waals surface area contributed by atoms with Gasteiger partial charge in [0.25, 0.3) is 0 Å². The maximum atomic E-state index is 14.5. The Morgan fingerprint density at radius 2 is 1.48 bits per heavy atom. The van der Waals surface area contributed by atoms with E-state index in [1.54, 1.807) is 47.9 Å². The van der Waals surface area contributed by atoms with Gasteiger partial charge in [0.2, 0.25) is 0 Å². The number of halogens is 3. The first-order valence-electron chi connectivity index (χ1n) is 8.32. The second-order valence-electron chi connectivity index (χ2n) is 6.33. The lowest BCUT2D eigenvalue weighted by atomic mass is 10.0. The predicted molar refractivity (Wildman–Crippen MR) is 99.2 cm³/mol. The van der Waals surface area contributed by atoms with Gasteiger partial charge in [-0.2, -0.15) is 0 Å². The summed E-state index contributed by atoms with van der Waals surface area (Å²) in [6.45, 7) is 1.58. The van der Waals surface area contributed by atoms with Gasteiger partial charge in [0.1, 0.15) is 17.5 Å². The third-order valence-corrected chi connectivity index (χ3v) is 4.48. The fourth-order valence-electron chi connectivity index (χ4n) is 3.28. The third kappa shape index (κ3) is 2.91. The van der Waals surface area contributed by atoms with E-state index >= 15 is 0 Å². The minimum Gasteiger partial charge on any atom is -0.316 e. The number of nitrogens with zero attached hydrogens (tertiary/aromatic N) is 1. The van der Waals surface area contributed by atoms with Crippen LogP contribution in [0.2, 0.25) is 0 Å². The molecule has 0 atom stereocenters. The Kier molecular flexibility index (Phi) is 4.07. The van der Waals surface area contributed by atoms with Gasteiger partial charge in [-0.1, -0.05) is 6.07 Å². The highest BCUT2D eigenvalue weighted by molar-refractivity contribution is 5.82. The number of rotatable bonds is 2. The van der Waals surface area contributed by atoms with E-state index in [-0.39, 0.29) is 16.9 Å². The molecule has 0 radical (unpaired) electrons. The summed E-state index contributed by atoms with van der Waals surface area (Å²) < 4.78 is 44.0. The van der Waals surface area contributed by atoms with E-state index in [9.17, 15) is 18.0 Å². The molecule has 2 heterocycles. The third-order valence-electron chi connectivity index (χ3n) is 4.48. The van der Waals surface area contributed by atoms with Crippen molar-refractivity contribution >= 4 is 5.52 Å². The maximum Gasteiger partial charge on any atom is 0.190 e. The molecule has 5 heteroatoms. The number of hydrogen-bond acceptors (Lipinski definition) is 1. The Morgan fingerprint density at radius 1 is 0.815 bits per heavy atom. The van der Waals surface area contributed by atoms with E-state index in [2.05, 4.69) is 0 Å². The van der Waals surface area contributed by atoms with E-state index in [1.807, 2.05) is 0 Å². The summed E-state index contributed by atoms with van der Waals surface area (Å²) in [4.78, 5) is 12.5. The molecular formula is C22H14F3NO. The van der Waals surface area contributed by atoms with E-state index in [0.29, 0.717) is 22.3 Å². The van der Waals surface area contributed by atoms with Crippen LogP contribution in [0.1, 0.15) is 5.56 Å². The monoisotopic (exact) mass is 365 g/mol. The Balaban J connectivity index is 2.07. The topological polar surface area (TPSA) is 21.5 Å². The van der Waals surface area contributed by atoms with Crippen molar-refractivity contribution in [3.8, 4) is 22.4 Å². The Morgan fingerprint density at radius 3 is 2.15 bits per heavy atom. The zero-order valence-electron chi connectivity index (χ0n) is 14.3. The summed E-state index contributed by atoms with van der Waals surface area (Å²) >= 11 is 0. The highest BCUT2D eigenvalue weighted by atomic mass is 19.1. The van der Waals surface area contributed by atoms with Gasteiger partial charge in [-0.3, -0.25) is 4.79 Å². The molecule has 0 spiro atoms. The zero-order chi connectivity index (χ0) is 19.1. The summed E-state index contributed by atoms with van der Waals surface area (Å²) in [5.41, 5.74) is 1.31. The molecule has 0 amide bonds. The van der Waals surface area contributed by atoms with Gasteiger partial charge >= 0.3 is 0 Å². The number of aromatic nitrogens is 1. The van der Waals surface area contributed by atoms with Crippen LogP contribution in [0.5, 0.6) is 0 Å². The van der Waals surface area contributed by atoms with Gasteiger partial charge < -0.3 is 4.40 Å². The summed E-state index contributed by atoms with van der Waals surface area (Å²) in [7, 11) is 0. The summed E-state index contributed by atoms with van der Waals surface area (Å²) in [6, 6.07) is 14.7. The van der Waals surface area contributed by atoms with E-state index in [4.69, 9.17) is 0 Å². The van der Waals surface area contributed by atoms with Crippen LogP contribution in [0.25, 0.3) is 27.9 Å². The van der Waals surface area contributed by atoms with Crippen LogP contribution in [0, 0.1) is 24.4 Å². The first kappa shape index (κ1) is 17.1. The number of benzene rings is 2. The molecule has 2 nitrogen and oxygen atoms in total. The van der Waals surface area contributed by atoms with Gasteiger partial charge in [0.15, 0.2) is 5.43 Å². The zero-order valence-corrected chi connectivity index (χ0v) is 14.3. The predicted octanol–water partition coefficient (Wildman–Crippen LogP) is 5.36. The normalized spacial score (nSPS) is 11.1. The Labute approximate surface area is 153 Å². The molecule has 4 rings (SSSR count). The smallest absolute Gasteiger partial charge is 0.190 e. The molecule has 0 aliphatic rings. The fourth-order valence-corrected chi connectivity index (χ4v) is 3.28. The molecule has 0 N–H and O–H groups in total. The molecular weight excluding hydrogens is 351 g/mol. The van der Waals surface area contributed by atoms with E-state index in [1.165, 1.54) is 30.3 Å². The maximum absolute atomic E-state index is 14.5. The lowest BCUT2D eigenvalue weighted by molar-refractivity contribution is 0.587. The number of pyridine rings is 2. The van der Waals surface area contributed by atoms with E-state index < -0.39 is 17.1 Å². The lowest BCUT2D eigenvalue weighted by Crippen LogP contribution is -2.10. The molecule has 0 bridgehead atoms. The van der Waals surface area contributed by atoms with Crippen LogP contribution in [0.4, 0.5) is 13.2 Å². The Hall–Kier alpha value is -3.34. The minimum absolute atomic E-state index is 0.0449. The first-order chi connectivity index (χ1) is 13.0. The molecule has 0 aliphatic heterocycles. The van der Waals surface area contributed by atoms with Crippen LogP contribution in [0.15, 0.2) is 71.7 Å². The molecule has 2 aromatic heterocycles. The van der Waals surface area contributed by atoms with Crippen molar-refractivity contribution < 1.29 is 13.2 Å². The Bertz CT molecular complexity index is 1200.